The Kier molecular flexibility index (Phi) is 8.45. The van der Waals surface area contributed by atoms with Gasteiger partial charge in [-0.1, -0.05) is 19.1 Å². The van der Waals surface area contributed by atoms with E-state index in [2.05, 4.69) is 0 Å². The van der Waals surface area contributed by atoms with E-state index in [1.807, 2.05) is 0 Å². The summed E-state index contributed by atoms with van der Waals surface area (Å²) in [7, 11) is 5.43. The van der Waals surface area contributed by atoms with Crippen molar-refractivity contribution in [2.45, 2.75) is 43.6 Å². The van der Waals surface area contributed by atoms with E-state index in [9.17, 15) is 44.3 Å². The summed E-state index contributed by atoms with van der Waals surface area (Å²) >= 11 is 0. The zero-order valence-electron chi connectivity index (χ0n) is 26.5. The number of benzene rings is 2. The first-order chi connectivity index (χ1) is 22.1. The molecule has 2 saturated carbocycles. The third kappa shape index (κ3) is 4.71. The van der Waals surface area contributed by atoms with Crippen LogP contribution in [0.4, 0.5) is 5.69 Å². The normalized spacial score (nSPS) is 30.7. The molecule has 2 aromatic carbocycles. The number of aliphatic hydroxyl groups is 1. The minimum absolute atomic E-state index is 0.000682. The molecule has 3 aliphatic rings. The number of likely N-dealkylation sites (N-methyl/N-ethyl adjacent to an activating group) is 1. The average molecular weight is 654 g/mol. The molecule has 0 heterocycles. The zero-order valence-corrected chi connectivity index (χ0v) is 26.5. The van der Waals surface area contributed by atoms with Crippen LogP contribution >= 0.6 is 0 Å². The van der Waals surface area contributed by atoms with Crippen LogP contribution in [0.2, 0.25) is 0 Å². The first-order valence-corrected chi connectivity index (χ1v) is 14.8. The highest BCUT2D eigenvalue weighted by molar-refractivity contribution is 6.32. The van der Waals surface area contributed by atoms with Gasteiger partial charge in [0.1, 0.15) is 5.75 Å². The first kappa shape index (κ1) is 33.6. The van der Waals surface area contributed by atoms with Crippen molar-refractivity contribution in [3.05, 3.63) is 57.1 Å². The molecule has 3 unspecified atom stereocenters. The van der Waals surface area contributed by atoms with Crippen LogP contribution in [-0.2, 0) is 23.9 Å². The number of phenols is 1. The van der Waals surface area contributed by atoms with Crippen LogP contribution in [-0.4, -0.2) is 95.1 Å². The van der Waals surface area contributed by atoms with Crippen molar-refractivity contribution in [1.82, 2.24) is 4.90 Å². The third-order valence-corrected chi connectivity index (χ3v) is 9.85. The Bertz CT molecular complexity index is 1720. The predicted octanol–water partition coefficient (Wildman–Crippen LogP) is 1.11. The number of carbonyl (C=O) groups excluding carboxylic acids is 5. The lowest BCUT2D eigenvalue weighted by atomic mass is 9.49. The van der Waals surface area contributed by atoms with Crippen LogP contribution in [0, 0.1) is 33.8 Å². The fraction of sp³-hybridized carbons (Fsp3) is 0.469. The molecule has 5 rings (SSSR count). The van der Waals surface area contributed by atoms with E-state index in [0.29, 0.717) is 5.56 Å². The van der Waals surface area contributed by atoms with Crippen molar-refractivity contribution in [3.63, 3.8) is 0 Å². The summed E-state index contributed by atoms with van der Waals surface area (Å²) in [4.78, 5) is 82.9. The molecule has 3 aliphatic carbocycles. The molecule has 0 aliphatic heterocycles. The molecule has 250 valence electrons. The standard InChI is InChI=1S/C32H35N3O12/c1-12-14-8-7-9-17(36)21(14)26(37)22-20(12)27(38)24-25(34(3)4)28(39)23(31(33)42)30(41)32(24,29(22)40)47-13(2)15-10-18(45-5)19(46-6)11-16(15)35(43)44/h7-13,20,22-25,27,36,38H,1-6H3,(H2,33,42)/t12-,13?,20+,22?,23?,24+,25-,27-,32-/m1/s1. The number of Topliss-reactive ketones (excluding diaryl/α,β-unsaturated/α-hetero) is 4. The quantitative estimate of drug-likeness (QED) is 0.206. The maximum atomic E-state index is 15.0. The molecule has 2 aromatic rings. The molecule has 0 radical (unpaired) electrons. The van der Waals surface area contributed by atoms with Crippen LogP contribution in [0.5, 0.6) is 17.2 Å². The van der Waals surface area contributed by atoms with Gasteiger partial charge in [-0.05, 0) is 44.6 Å². The number of aromatic hydroxyl groups is 1. The maximum absolute atomic E-state index is 15.0. The molecule has 2 fully saturated rings. The molecule has 15 heteroatoms. The van der Waals surface area contributed by atoms with Gasteiger partial charge in [0.25, 0.3) is 5.69 Å². The number of amides is 1. The number of rotatable bonds is 8. The number of nitrogens with zero attached hydrogens (tertiary/aromatic N) is 2. The number of phenolic OH excluding ortho intramolecular Hbond substituents is 1. The summed E-state index contributed by atoms with van der Waals surface area (Å²) in [6.45, 7) is 2.94. The number of ether oxygens (including phenoxy) is 3. The summed E-state index contributed by atoms with van der Waals surface area (Å²) in [5, 5.41) is 35.0. The van der Waals surface area contributed by atoms with Gasteiger partial charge in [-0.3, -0.25) is 39.0 Å². The molecule has 47 heavy (non-hydrogen) atoms. The first-order valence-electron chi connectivity index (χ1n) is 14.8. The van der Waals surface area contributed by atoms with Crippen LogP contribution in [0.15, 0.2) is 30.3 Å². The maximum Gasteiger partial charge on any atom is 0.279 e. The number of hydrogen-bond acceptors (Lipinski definition) is 13. The van der Waals surface area contributed by atoms with E-state index in [4.69, 9.17) is 19.9 Å². The van der Waals surface area contributed by atoms with Gasteiger partial charge in [-0.2, -0.15) is 0 Å². The van der Waals surface area contributed by atoms with Crippen molar-refractivity contribution in [2.75, 3.05) is 28.3 Å². The Labute approximate surface area is 268 Å². The average Bonchev–Trinajstić information content (AvgIpc) is 3.01. The second-order valence-electron chi connectivity index (χ2n) is 12.4. The number of ketones is 4. The largest absolute Gasteiger partial charge is 0.507 e. The van der Waals surface area contributed by atoms with Crippen molar-refractivity contribution < 1.29 is 53.3 Å². The van der Waals surface area contributed by atoms with E-state index >= 15 is 0 Å². The van der Waals surface area contributed by atoms with Crippen LogP contribution in [0.3, 0.4) is 0 Å². The highest BCUT2D eigenvalue weighted by atomic mass is 16.6. The molecule has 1 amide bonds. The summed E-state index contributed by atoms with van der Waals surface area (Å²) in [6.07, 6.45) is -3.26. The van der Waals surface area contributed by atoms with Crippen molar-refractivity contribution >= 4 is 34.7 Å². The van der Waals surface area contributed by atoms with Gasteiger partial charge in [-0.15, -0.1) is 0 Å². The molecule has 0 spiro atoms. The minimum atomic E-state index is -2.87. The lowest BCUT2D eigenvalue weighted by Crippen LogP contribution is -2.78. The Balaban J connectivity index is 1.80. The molecule has 15 nitrogen and oxygen atoms in total. The van der Waals surface area contributed by atoms with Gasteiger partial charge in [0, 0.05) is 5.92 Å². The molecule has 9 atom stereocenters. The number of nitro benzene ring substituents is 1. The Morgan fingerprint density at radius 2 is 1.70 bits per heavy atom. The number of hydrogen-bond donors (Lipinski definition) is 3. The highest BCUT2D eigenvalue weighted by Gasteiger charge is 2.74. The summed E-state index contributed by atoms with van der Waals surface area (Å²) in [5.74, 6) is -13.7. The third-order valence-electron chi connectivity index (χ3n) is 9.85. The number of nitrogens with two attached hydrogens (primary N) is 1. The lowest BCUT2D eigenvalue weighted by molar-refractivity contribution is -0.386. The van der Waals surface area contributed by atoms with E-state index in [1.165, 1.54) is 58.3 Å². The molecule has 0 saturated heterocycles. The van der Waals surface area contributed by atoms with E-state index in [1.54, 1.807) is 13.0 Å². The van der Waals surface area contributed by atoms with Crippen molar-refractivity contribution in [2.24, 2.45) is 29.4 Å². The minimum Gasteiger partial charge on any atom is -0.507 e. The molecule has 0 aromatic heterocycles. The van der Waals surface area contributed by atoms with Crippen LogP contribution < -0.4 is 15.2 Å². The van der Waals surface area contributed by atoms with Gasteiger partial charge < -0.3 is 30.2 Å². The van der Waals surface area contributed by atoms with Gasteiger partial charge in [0.2, 0.25) is 5.91 Å². The zero-order chi connectivity index (χ0) is 34.9. The second kappa shape index (κ2) is 11.8. The topological polar surface area (TPSA) is 226 Å². The summed E-state index contributed by atoms with van der Waals surface area (Å²) in [6, 6.07) is 5.13. The van der Waals surface area contributed by atoms with Gasteiger partial charge >= 0.3 is 0 Å². The smallest absolute Gasteiger partial charge is 0.279 e. The second-order valence-corrected chi connectivity index (χ2v) is 12.4. The molecular weight excluding hydrogens is 618 g/mol. The van der Waals surface area contributed by atoms with E-state index in [-0.39, 0.29) is 22.6 Å². The number of aliphatic hydroxyl groups excluding tert-OH is 1. The van der Waals surface area contributed by atoms with Gasteiger partial charge in [0.15, 0.2) is 46.2 Å². The number of nitro groups is 1. The fourth-order valence-corrected chi connectivity index (χ4v) is 7.83. The number of fused-ring (bicyclic) bond motifs is 3. The number of primary amides is 1. The Morgan fingerprint density at radius 1 is 1.09 bits per heavy atom. The van der Waals surface area contributed by atoms with Gasteiger partial charge in [-0.25, -0.2) is 0 Å². The van der Waals surface area contributed by atoms with Gasteiger partial charge in [0.05, 0.1) is 66.4 Å². The number of methoxy groups -OCH3 is 2. The Hall–Kier alpha value is -4.73. The monoisotopic (exact) mass is 653 g/mol. The fourth-order valence-electron chi connectivity index (χ4n) is 7.83. The molecule has 4 N–H and O–H groups in total. The predicted molar refractivity (Wildman–Crippen MR) is 161 cm³/mol. The lowest BCUT2D eigenvalue weighted by Gasteiger charge is -2.58. The molecular formula is C32H35N3O12. The van der Waals surface area contributed by atoms with Crippen molar-refractivity contribution in [1.29, 1.82) is 0 Å². The van der Waals surface area contributed by atoms with E-state index < -0.39 is 98.8 Å². The molecule has 0 bridgehead atoms. The van der Waals surface area contributed by atoms with Crippen molar-refractivity contribution in [3.8, 4) is 17.2 Å². The number of carbonyl (C=O) groups is 5. The van der Waals surface area contributed by atoms with Crippen LogP contribution in [0.1, 0.15) is 47.4 Å². The summed E-state index contributed by atoms with van der Waals surface area (Å²) < 4.78 is 16.8. The SMILES string of the molecule is COc1cc(C(C)O[C@]23C(=O)C(C(N)=O)C(=O)[C@H](N(C)C)[C@H]2[C@H](O)[C@@H]2C(C(=O)c4c(O)cccc4[C@H]2C)C3=O)c([N+](=O)[O-])cc1OC. The summed E-state index contributed by atoms with van der Waals surface area (Å²) in [5.41, 5.74) is 2.15. The highest BCUT2D eigenvalue weighted by Crippen LogP contribution is 2.56. The van der Waals surface area contributed by atoms with Crippen LogP contribution in [0.25, 0.3) is 0 Å². The Morgan fingerprint density at radius 3 is 2.26 bits per heavy atom. The van der Waals surface area contributed by atoms with E-state index in [0.717, 1.165) is 6.07 Å².